The molecule has 5 nitrogen and oxygen atoms in total. The van der Waals surface area contributed by atoms with Gasteiger partial charge in [-0.05, 0) is 25.0 Å². The molecule has 0 radical (unpaired) electrons. The molecular formula is C15H20N2O3. The molecule has 5 heteroatoms. The Morgan fingerprint density at radius 3 is 2.60 bits per heavy atom. The summed E-state index contributed by atoms with van der Waals surface area (Å²) < 4.78 is 5.45. The first-order valence-electron chi connectivity index (χ1n) is 7.19. The van der Waals surface area contributed by atoms with Crippen molar-refractivity contribution in [1.29, 1.82) is 0 Å². The molecule has 0 bridgehead atoms. The van der Waals surface area contributed by atoms with Gasteiger partial charge in [0.05, 0.1) is 5.69 Å². The van der Waals surface area contributed by atoms with Gasteiger partial charge in [-0.1, -0.05) is 12.1 Å². The Kier molecular flexibility index (Phi) is 3.78. The van der Waals surface area contributed by atoms with Crippen LogP contribution in [0.3, 0.4) is 0 Å². The van der Waals surface area contributed by atoms with Gasteiger partial charge in [-0.15, -0.1) is 0 Å². The molecule has 2 saturated heterocycles. The fourth-order valence-corrected chi connectivity index (χ4v) is 2.88. The number of amides is 1. The van der Waals surface area contributed by atoms with Crippen LogP contribution in [0.5, 0.6) is 5.75 Å². The van der Waals surface area contributed by atoms with Crippen molar-refractivity contribution >= 4 is 11.6 Å². The lowest BCUT2D eigenvalue weighted by Gasteiger charge is -2.37. The van der Waals surface area contributed by atoms with Gasteiger partial charge < -0.3 is 19.6 Å². The van der Waals surface area contributed by atoms with E-state index in [9.17, 15) is 9.90 Å². The fraction of sp³-hybridized carbons (Fsp3) is 0.533. The molecule has 2 heterocycles. The van der Waals surface area contributed by atoms with Crippen molar-refractivity contribution in [2.24, 2.45) is 0 Å². The molecule has 0 aliphatic carbocycles. The number of nitrogens with zero attached hydrogens (tertiary/aromatic N) is 2. The normalized spacial score (nSPS) is 23.1. The van der Waals surface area contributed by atoms with Crippen molar-refractivity contribution < 1.29 is 14.6 Å². The first-order valence-corrected chi connectivity index (χ1v) is 7.19. The van der Waals surface area contributed by atoms with Crippen LogP contribution in [-0.2, 0) is 9.53 Å². The number of anilines is 1. The highest BCUT2D eigenvalue weighted by Crippen LogP contribution is 2.27. The molecule has 0 saturated carbocycles. The number of aromatic hydroxyl groups is 1. The maximum atomic E-state index is 12.2. The minimum Gasteiger partial charge on any atom is -0.506 e. The Morgan fingerprint density at radius 1 is 1.20 bits per heavy atom. The van der Waals surface area contributed by atoms with E-state index in [1.807, 2.05) is 23.1 Å². The van der Waals surface area contributed by atoms with E-state index in [2.05, 4.69) is 4.90 Å². The van der Waals surface area contributed by atoms with Crippen molar-refractivity contribution in [3.8, 4) is 5.75 Å². The van der Waals surface area contributed by atoms with Crippen molar-refractivity contribution in [3.63, 3.8) is 0 Å². The minimum absolute atomic E-state index is 0.124. The summed E-state index contributed by atoms with van der Waals surface area (Å²) in [5, 5.41) is 9.87. The lowest BCUT2D eigenvalue weighted by molar-refractivity contribution is -0.141. The van der Waals surface area contributed by atoms with Crippen molar-refractivity contribution in [3.05, 3.63) is 24.3 Å². The molecule has 1 aromatic rings. The summed E-state index contributed by atoms with van der Waals surface area (Å²) in [4.78, 5) is 16.2. The molecular weight excluding hydrogens is 256 g/mol. The van der Waals surface area contributed by atoms with E-state index in [1.165, 1.54) is 0 Å². The molecule has 1 N–H and O–H groups in total. The summed E-state index contributed by atoms with van der Waals surface area (Å²) in [6, 6.07) is 7.33. The van der Waals surface area contributed by atoms with Crippen molar-refractivity contribution in [2.75, 3.05) is 37.7 Å². The van der Waals surface area contributed by atoms with Crippen LogP contribution in [0.4, 0.5) is 5.69 Å². The molecule has 2 aliphatic heterocycles. The van der Waals surface area contributed by atoms with Crippen molar-refractivity contribution in [1.82, 2.24) is 4.90 Å². The second-order valence-corrected chi connectivity index (χ2v) is 5.30. The number of piperazine rings is 1. The van der Waals surface area contributed by atoms with Gasteiger partial charge in [-0.3, -0.25) is 4.79 Å². The fourth-order valence-electron chi connectivity index (χ4n) is 2.88. The summed E-state index contributed by atoms with van der Waals surface area (Å²) in [5.74, 6) is 0.422. The molecule has 0 spiro atoms. The number of benzene rings is 1. The summed E-state index contributed by atoms with van der Waals surface area (Å²) in [6.07, 6.45) is 1.60. The Bertz CT molecular complexity index is 478. The highest BCUT2D eigenvalue weighted by atomic mass is 16.5. The minimum atomic E-state index is -0.230. The number of rotatable bonds is 2. The maximum absolute atomic E-state index is 12.2. The molecule has 1 amide bonds. The Morgan fingerprint density at radius 2 is 1.95 bits per heavy atom. The number of carbonyl (C=O) groups is 1. The summed E-state index contributed by atoms with van der Waals surface area (Å²) in [5.41, 5.74) is 0.844. The first-order chi connectivity index (χ1) is 9.75. The molecule has 2 aliphatic rings. The van der Waals surface area contributed by atoms with Crippen LogP contribution >= 0.6 is 0 Å². The van der Waals surface area contributed by atoms with E-state index >= 15 is 0 Å². The number of ether oxygens (including phenoxy) is 1. The van der Waals surface area contributed by atoms with E-state index < -0.39 is 0 Å². The van der Waals surface area contributed by atoms with Crippen LogP contribution in [0.15, 0.2) is 24.3 Å². The van der Waals surface area contributed by atoms with E-state index in [4.69, 9.17) is 4.74 Å². The maximum Gasteiger partial charge on any atom is 0.251 e. The number of phenolic OH excluding ortho intramolecular Hbond substituents is 1. The van der Waals surface area contributed by atoms with Gasteiger partial charge >= 0.3 is 0 Å². The number of hydrogen-bond acceptors (Lipinski definition) is 4. The number of phenols is 1. The largest absolute Gasteiger partial charge is 0.506 e. The van der Waals surface area contributed by atoms with Crippen molar-refractivity contribution in [2.45, 2.75) is 18.9 Å². The quantitative estimate of drug-likeness (QED) is 0.882. The Hall–Kier alpha value is -1.75. The van der Waals surface area contributed by atoms with Gasteiger partial charge in [-0.25, -0.2) is 0 Å². The van der Waals surface area contributed by atoms with Gasteiger partial charge in [0.1, 0.15) is 11.9 Å². The zero-order valence-corrected chi connectivity index (χ0v) is 11.5. The predicted molar refractivity (Wildman–Crippen MR) is 75.9 cm³/mol. The van der Waals surface area contributed by atoms with E-state index in [0.29, 0.717) is 25.4 Å². The van der Waals surface area contributed by atoms with Crippen LogP contribution in [-0.4, -0.2) is 54.8 Å². The predicted octanol–water partition coefficient (Wildman–Crippen LogP) is 1.22. The first kappa shape index (κ1) is 13.2. The summed E-state index contributed by atoms with van der Waals surface area (Å²) >= 11 is 0. The number of para-hydroxylation sites is 2. The third-order valence-corrected chi connectivity index (χ3v) is 4.02. The third-order valence-electron chi connectivity index (χ3n) is 4.02. The SMILES string of the molecule is O=C([C@@H]1CCCO1)N1CCN(c2ccccc2O)CC1. The summed E-state index contributed by atoms with van der Waals surface area (Å²) in [6.45, 7) is 3.57. The smallest absolute Gasteiger partial charge is 0.251 e. The van der Waals surface area contributed by atoms with Gasteiger partial charge in [-0.2, -0.15) is 0 Å². The lowest BCUT2D eigenvalue weighted by atomic mass is 10.2. The van der Waals surface area contributed by atoms with E-state index in [-0.39, 0.29) is 12.0 Å². The monoisotopic (exact) mass is 276 g/mol. The second-order valence-electron chi connectivity index (χ2n) is 5.30. The van der Waals surface area contributed by atoms with Gasteiger partial charge in [0.15, 0.2) is 0 Å². The topological polar surface area (TPSA) is 53.0 Å². The van der Waals surface area contributed by atoms with Gasteiger partial charge in [0.2, 0.25) is 0 Å². The Balaban J connectivity index is 1.59. The van der Waals surface area contributed by atoms with Crippen LogP contribution in [0.1, 0.15) is 12.8 Å². The van der Waals surface area contributed by atoms with Crippen LogP contribution < -0.4 is 4.90 Å². The zero-order valence-electron chi connectivity index (χ0n) is 11.5. The van der Waals surface area contributed by atoms with E-state index in [1.54, 1.807) is 6.07 Å². The molecule has 2 fully saturated rings. The molecule has 0 unspecified atom stereocenters. The average Bonchev–Trinajstić information content (AvgIpc) is 3.01. The number of carbonyl (C=O) groups excluding carboxylic acids is 1. The van der Waals surface area contributed by atoms with Gasteiger partial charge in [0.25, 0.3) is 5.91 Å². The van der Waals surface area contributed by atoms with Crippen LogP contribution in [0, 0.1) is 0 Å². The average molecular weight is 276 g/mol. The molecule has 0 aromatic heterocycles. The standard InChI is InChI=1S/C15H20N2O3/c18-13-5-2-1-4-12(13)16-7-9-17(10-8-16)15(19)14-6-3-11-20-14/h1-2,4-5,14,18H,3,6-11H2/t14-/m0/s1. The Labute approximate surface area is 118 Å². The molecule has 1 atom stereocenters. The third kappa shape index (κ3) is 2.58. The second kappa shape index (κ2) is 5.71. The molecule has 3 rings (SSSR count). The molecule has 1 aromatic carbocycles. The highest BCUT2D eigenvalue weighted by Gasteiger charge is 2.30. The summed E-state index contributed by atoms with van der Waals surface area (Å²) in [7, 11) is 0. The van der Waals surface area contributed by atoms with E-state index in [0.717, 1.165) is 31.6 Å². The highest BCUT2D eigenvalue weighted by molar-refractivity contribution is 5.81. The van der Waals surface area contributed by atoms with Crippen LogP contribution in [0.25, 0.3) is 0 Å². The molecule has 20 heavy (non-hydrogen) atoms. The lowest BCUT2D eigenvalue weighted by Crippen LogP contribution is -2.51. The van der Waals surface area contributed by atoms with Gasteiger partial charge in [0, 0.05) is 32.8 Å². The number of hydrogen-bond donors (Lipinski definition) is 1. The van der Waals surface area contributed by atoms with Crippen LogP contribution in [0.2, 0.25) is 0 Å². The zero-order chi connectivity index (χ0) is 13.9. The molecule has 108 valence electrons.